The summed E-state index contributed by atoms with van der Waals surface area (Å²) >= 11 is 0. The molecule has 0 saturated carbocycles. The van der Waals surface area contributed by atoms with E-state index >= 15 is 0 Å². The summed E-state index contributed by atoms with van der Waals surface area (Å²) in [7, 11) is 0. The first kappa shape index (κ1) is 12.3. The highest BCUT2D eigenvalue weighted by molar-refractivity contribution is 5.74. The molecule has 7 heteroatoms. The number of carboxylic acid groups (broad SMARTS) is 1. The maximum atomic E-state index is 12.4. The van der Waals surface area contributed by atoms with Gasteiger partial charge in [-0.3, -0.25) is 0 Å². The number of nitrogen functional groups attached to an aromatic ring is 1. The van der Waals surface area contributed by atoms with Crippen LogP contribution in [-0.2, 0) is 11.0 Å². The number of benzene rings is 1. The lowest BCUT2D eigenvalue weighted by Gasteiger charge is -2.13. The van der Waals surface area contributed by atoms with Crippen molar-refractivity contribution in [2.75, 3.05) is 5.73 Å². The van der Waals surface area contributed by atoms with E-state index in [-0.39, 0.29) is 5.56 Å². The van der Waals surface area contributed by atoms with Crippen molar-refractivity contribution in [3.63, 3.8) is 0 Å². The second-order valence-corrected chi connectivity index (χ2v) is 3.09. The number of rotatable bonds is 2. The number of aliphatic carboxylic acids is 1. The Kier molecular flexibility index (Phi) is 3.09. The number of carboxylic acids is 1. The molecule has 1 atom stereocenters. The Balaban J connectivity index is 3.23. The van der Waals surface area contributed by atoms with Crippen LogP contribution in [0, 0.1) is 0 Å². The summed E-state index contributed by atoms with van der Waals surface area (Å²) in [6.07, 6.45) is -6.68. The summed E-state index contributed by atoms with van der Waals surface area (Å²) in [4.78, 5) is 10.4. The van der Waals surface area contributed by atoms with E-state index < -0.39 is 29.5 Å². The maximum Gasteiger partial charge on any atom is 0.418 e. The SMILES string of the molecule is Nc1ccc(C(O)C(=O)O)cc1C(F)(F)F. The van der Waals surface area contributed by atoms with Gasteiger partial charge in [0.2, 0.25) is 0 Å². The summed E-state index contributed by atoms with van der Waals surface area (Å²) in [6.45, 7) is 0. The molecule has 0 bridgehead atoms. The van der Waals surface area contributed by atoms with Gasteiger partial charge in [0.1, 0.15) is 0 Å². The van der Waals surface area contributed by atoms with Gasteiger partial charge < -0.3 is 15.9 Å². The molecule has 0 aliphatic carbocycles. The van der Waals surface area contributed by atoms with Gasteiger partial charge in [0.25, 0.3) is 0 Å². The van der Waals surface area contributed by atoms with E-state index in [4.69, 9.17) is 15.9 Å². The molecule has 0 saturated heterocycles. The molecule has 0 spiro atoms. The normalized spacial score (nSPS) is 13.5. The van der Waals surface area contributed by atoms with Gasteiger partial charge in [-0.1, -0.05) is 6.07 Å². The Morgan fingerprint density at radius 2 is 1.94 bits per heavy atom. The zero-order valence-electron chi connectivity index (χ0n) is 7.82. The minimum absolute atomic E-state index is 0.367. The summed E-state index contributed by atoms with van der Waals surface area (Å²) in [6, 6.07) is 2.46. The van der Waals surface area contributed by atoms with Crippen molar-refractivity contribution in [3.05, 3.63) is 29.3 Å². The summed E-state index contributed by atoms with van der Waals surface area (Å²) < 4.78 is 37.2. The van der Waals surface area contributed by atoms with Crippen LogP contribution in [0.3, 0.4) is 0 Å². The number of carbonyl (C=O) groups is 1. The lowest BCUT2D eigenvalue weighted by Crippen LogP contribution is -2.14. The molecule has 1 rings (SSSR count). The quantitative estimate of drug-likeness (QED) is 0.676. The average Bonchev–Trinajstić information content (AvgIpc) is 2.15. The average molecular weight is 235 g/mol. The first-order chi connectivity index (χ1) is 7.23. The molecule has 0 heterocycles. The molecular weight excluding hydrogens is 227 g/mol. The summed E-state index contributed by atoms with van der Waals surface area (Å²) in [5.74, 6) is -1.63. The van der Waals surface area contributed by atoms with Crippen molar-refractivity contribution >= 4 is 11.7 Å². The predicted octanol–water partition coefficient (Wildman–Crippen LogP) is 1.41. The molecule has 1 aromatic rings. The Labute approximate surface area is 88.1 Å². The first-order valence-corrected chi connectivity index (χ1v) is 4.11. The molecule has 1 unspecified atom stereocenters. The van der Waals surface area contributed by atoms with Gasteiger partial charge >= 0.3 is 12.1 Å². The molecule has 0 fully saturated rings. The Bertz CT molecular complexity index is 417. The van der Waals surface area contributed by atoms with Gasteiger partial charge in [-0.15, -0.1) is 0 Å². The third-order valence-corrected chi connectivity index (χ3v) is 1.93. The van der Waals surface area contributed by atoms with Crippen molar-refractivity contribution in [3.8, 4) is 0 Å². The van der Waals surface area contributed by atoms with Crippen LogP contribution in [0.2, 0.25) is 0 Å². The molecule has 0 aromatic heterocycles. The monoisotopic (exact) mass is 235 g/mol. The van der Waals surface area contributed by atoms with Gasteiger partial charge in [0, 0.05) is 5.69 Å². The summed E-state index contributed by atoms with van der Waals surface area (Å²) in [5, 5.41) is 17.5. The second-order valence-electron chi connectivity index (χ2n) is 3.09. The molecule has 0 aliphatic heterocycles. The third-order valence-electron chi connectivity index (χ3n) is 1.93. The van der Waals surface area contributed by atoms with Crippen LogP contribution in [0.4, 0.5) is 18.9 Å². The second kappa shape index (κ2) is 4.01. The van der Waals surface area contributed by atoms with Crippen LogP contribution in [0.25, 0.3) is 0 Å². The van der Waals surface area contributed by atoms with Crippen LogP contribution in [0.15, 0.2) is 18.2 Å². The van der Waals surface area contributed by atoms with Crippen molar-refractivity contribution in [1.29, 1.82) is 0 Å². The van der Waals surface area contributed by atoms with Gasteiger partial charge in [0.15, 0.2) is 6.10 Å². The third kappa shape index (κ3) is 2.43. The van der Waals surface area contributed by atoms with E-state index in [2.05, 4.69) is 0 Å². The number of anilines is 1. The fraction of sp³-hybridized carbons (Fsp3) is 0.222. The number of nitrogens with two attached hydrogens (primary N) is 1. The first-order valence-electron chi connectivity index (χ1n) is 4.11. The fourth-order valence-electron chi connectivity index (χ4n) is 1.13. The van der Waals surface area contributed by atoms with E-state index in [9.17, 15) is 18.0 Å². The molecule has 4 nitrogen and oxygen atoms in total. The molecule has 0 aliphatic rings. The van der Waals surface area contributed by atoms with E-state index in [0.29, 0.717) is 6.07 Å². The van der Waals surface area contributed by atoms with Crippen molar-refractivity contribution < 1.29 is 28.2 Å². The smallest absolute Gasteiger partial charge is 0.418 e. The lowest BCUT2D eigenvalue weighted by molar-refractivity contribution is -0.147. The van der Waals surface area contributed by atoms with Gasteiger partial charge in [-0.05, 0) is 17.7 Å². The topological polar surface area (TPSA) is 83.5 Å². The van der Waals surface area contributed by atoms with E-state index in [1.807, 2.05) is 0 Å². The number of alkyl halides is 3. The maximum absolute atomic E-state index is 12.4. The molecule has 16 heavy (non-hydrogen) atoms. The van der Waals surface area contributed by atoms with Crippen molar-refractivity contribution in [2.45, 2.75) is 12.3 Å². The predicted molar refractivity (Wildman–Crippen MR) is 48.5 cm³/mol. The standard InChI is InChI=1S/C9H8F3NO3/c10-9(11,12)5-3-4(1-2-6(5)13)7(14)8(15)16/h1-3,7,14H,13H2,(H,15,16). The Morgan fingerprint density at radius 3 is 2.38 bits per heavy atom. The highest BCUT2D eigenvalue weighted by Gasteiger charge is 2.34. The largest absolute Gasteiger partial charge is 0.479 e. The van der Waals surface area contributed by atoms with Crippen LogP contribution in [0.5, 0.6) is 0 Å². The molecule has 0 amide bonds. The number of hydrogen-bond donors (Lipinski definition) is 3. The van der Waals surface area contributed by atoms with E-state index in [1.54, 1.807) is 0 Å². The van der Waals surface area contributed by atoms with Gasteiger partial charge in [-0.2, -0.15) is 13.2 Å². The number of halogens is 3. The molecule has 0 radical (unpaired) electrons. The molecule has 88 valence electrons. The Morgan fingerprint density at radius 1 is 1.38 bits per heavy atom. The van der Waals surface area contributed by atoms with Crippen molar-refractivity contribution in [1.82, 2.24) is 0 Å². The zero-order chi connectivity index (χ0) is 12.5. The molecular formula is C9H8F3NO3. The van der Waals surface area contributed by atoms with Crippen LogP contribution in [-0.4, -0.2) is 16.2 Å². The van der Waals surface area contributed by atoms with Crippen molar-refractivity contribution in [2.24, 2.45) is 0 Å². The highest BCUT2D eigenvalue weighted by atomic mass is 19.4. The minimum atomic E-state index is -4.68. The fourth-order valence-corrected chi connectivity index (χ4v) is 1.13. The van der Waals surface area contributed by atoms with E-state index in [0.717, 1.165) is 12.1 Å². The van der Waals surface area contributed by atoms with Crippen LogP contribution in [0.1, 0.15) is 17.2 Å². The van der Waals surface area contributed by atoms with Gasteiger partial charge in [-0.25, -0.2) is 4.79 Å². The van der Waals surface area contributed by atoms with E-state index in [1.165, 1.54) is 0 Å². The number of hydrogen-bond acceptors (Lipinski definition) is 3. The number of aliphatic hydroxyl groups is 1. The summed E-state index contributed by atoms with van der Waals surface area (Å²) in [5.41, 5.74) is 3.05. The lowest BCUT2D eigenvalue weighted by atomic mass is 10.0. The van der Waals surface area contributed by atoms with Gasteiger partial charge in [0.05, 0.1) is 5.56 Å². The Hall–Kier alpha value is -1.76. The molecule has 4 N–H and O–H groups in total. The molecule has 1 aromatic carbocycles. The minimum Gasteiger partial charge on any atom is -0.479 e. The van der Waals surface area contributed by atoms with Crippen LogP contribution >= 0.6 is 0 Å². The number of aliphatic hydroxyl groups excluding tert-OH is 1. The highest BCUT2D eigenvalue weighted by Crippen LogP contribution is 2.35. The van der Waals surface area contributed by atoms with Crippen LogP contribution < -0.4 is 5.73 Å². The zero-order valence-corrected chi connectivity index (χ0v) is 7.82.